The van der Waals surface area contributed by atoms with Gasteiger partial charge in [0.05, 0.1) is 5.69 Å². The van der Waals surface area contributed by atoms with Crippen molar-refractivity contribution < 1.29 is 9.59 Å². The number of likely N-dealkylation sites (N-methyl/N-ethyl adjacent to an activating group) is 1. The molecule has 1 aliphatic rings. The Hall–Kier alpha value is -1.84. The van der Waals surface area contributed by atoms with Crippen LogP contribution in [0.15, 0.2) is 18.2 Å². The number of rotatable bonds is 1. The second kappa shape index (κ2) is 4.20. The van der Waals surface area contributed by atoms with Crippen molar-refractivity contribution in [2.75, 3.05) is 25.0 Å². The minimum absolute atomic E-state index is 0.432. The van der Waals surface area contributed by atoms with Gasteiger partial charge in [-0.25, -0.2) is 0 Å². The zero-order chi connectivity index (χ0) is 12.6. The molecule has 1 fully saturated rings. The molecule has 0 saturated carbocycles. The highest BCUT2D eigenvalue weighted by molar-refractivity contribution is 6.41. The molecule has 0 atom stereocenters. The molecule has 0 N–H and O–H groups in total. The number of amides is 2. The first-order valence-electron chi connectivity index (χ1n) is 5.65. The third kappa shape index (κ3) is 1.90. The molecule has 1 aliphatic heterocycles. The second-order valence-electron chi connectivity index (χ2n) is 4.42. The number of hydrogen-bond donors (Lipinski definition) is 0. The maximum Gasteiger partial charge on any atom is 0.316 e. The molecule has 2 rings (SSSR count). The van der Waals surface area contributed by atoms with Crippen LogP contribution in [-0.2, 0) is 9.59 Å². The van der Waals surface area contributed by atoms with E-state index in [1.165, 1.54) is 4.90 Å². The maximum atomic E-state index is 12.0. The van der Waals surface area contributed by atoms with Crippen molar-refractivity contribution in [1.29, 1.82) is 0 Å². The fraction of sp³-hybridized carbons (Fsp3) is 0.385. The Labute approximate surface area is 101 Å². The lowest BCUT2D eigenvalue weighted by Crippen LogP contribution is -2.53. The minimum Gasteiger partial charge on any atom is -0.336 e. The highest BCUT2D eigenvalue weighted by atomic mass is 16.2. The number of anilines is 1. The van der Waals surface area contributed by atoms with Crippen molar-refractivity contribution in [3.05, 3.63) is 29.3 Å². The van der Waals surface area contributed by atoms with Gasteiger partial charge in [-0.1, -0.05) is 18.2 Å². The first kappa shape index (κ1) is 11.6. The van der Waals surface area contributed by atoms with Crippen molar-refractivity contribution in [2.45, 2.75) is 13.8 Å². The number of hydrogen-bond acceptors (Lipinski definition) is 2. The van der Waals surface area contributed by atoms with Gasteiger partial charge < -0.3 is 9.80 Å². The Bertz CT molecular complexity index is 462. The van der Waals surface area contributed by atoms with E-state index in [0.717, 1.165) is 16.8 Å². The van der Waals surface area contributed by atoms with Gasteiger partial charge in [0.15, 0.2) is 0 Å². The summed E-state index contributed by atoms with van der Waals surface area (Å²) in [6, 6.07) is 5.87. The number of piperazine rings is 1. The van der Waals surface area contributed by atoms with E-state index in [-0.39, 0.29) is 0 Å². The molecule has 2 amide bonds. The van der Waals surface area contributed by atoms with Crippen LogP contribution in [-0.4, -0.2) is 36.9 Å². The fourth-order valence-corrected chi connectivity index (χ4v) is 2.18. The van der Waals surface area contributed by atoms with Crippen LogP contribution in [0.1, 0.15) is 11.1 Å². The van der Waals surface area contributed by atoms with Gasteiger partial charge in [-0.2, -0.15) is 0 Å². The number of nitrogens with zero attached hydrogens (tertiary/aromatic N) is 2. The summed E-state index contributed by atoms with van der Waals surface area (Å²) in [6.45, 7) is 5.06. The van der Waals surface area contributed by atoms with Crippen LogP contribution in [0.5, 0.6) is 0 Å². The first-order valence-corrected chi connectivity index (χ1v) is 5.65. The van der Waals surface area contributed by atoms with Crippen LogP contribution in [0, 0.1) is 13.8 Å². The van der Waals surface area contributed by atoms with Gasteiger partial charge in [0.2, 0.25) is 0 Å². The van der Waals surface area contributed by atoms with Gasteiger partial charge in [-0.05, 0) is 25.0 Å². The molecular weight excluding hydrogens is 216 g/mol. The van der Waals surface area contributed by atoms with Gasteiger partial charge >= 0.3 is 11.8 Å². The highest BCUT2D eigenvalue weighted by Gasteiger charge is 2.32. The summed E-state index contributed by atoms with van der Waals surface area (Å²) in [5.74, 6) is -0.866. The minimum atomic E-state index is -0.434. The van der Waals surface area contributed by atoms with Crippen molar-refractivity contribution in [3.63, 3.8) is 0 Å². The highest BCUT2D eigenvalue weighted by Crippen LogP contribution is 2.26. The molecule has 4 heteroatoms. The Morgan fingerprint density at radius 2 is 1.59 bits per heavy atom. The molecule has 1 heterocycles. The summed E-state index contributed by atoms with van der Waals surface area (Å²) >= 11 is 0. The summed E-state index contributed by atoms with van der Waals surface area (Å²) in [4.78, 5) is 26.7. The SMILES string of the molecule is Cc1cccc(C)c1N1CCN(C)C(=O)C1=O. The molecule has 17 heavy (non-hydrogen) atoms. The molecular formula is C13H16N2O2. The molecule has 1 aromatic rings. The lowest BCUT2D eigenvalue weighted by Gasteiger charge is -2.33. The molecule has 0 unspecified atom stereocenters. The summed E-state index contributed by atoms with van der Waals surface area (Å²) in [5, 5.41) is 0. The van der Waals surface area contributed by atoms with Crippen LogP contribution in [0.2, 0.25) is 0 Å². The van der Waals surface area contributed by atoms with Crippen molar-refractivity contribution in [3.8, 4) is 0 Å². The lowest BCUT2D eigenvalue weighted by atomic mass is 10.1. The van der Waals surface area contributed by atoms with Crippen LogP contribution < -0.4 is 4.90 Å². The monoisotopic (exact) mass is 232 g/mol. The standard InChI is InChI=1S/C13H16N2O2/c1-9-5-4-6-10(2)11(9)15-8-7-14(3)12(16)13(15)17/h4-6H,7-8H2,1-3H3. The molecule has 1 saturated heterocycles. The summed E-state index contributed by atoms with van der Waals surface area (Å²) in [7, 11) is 1.66. The molecule has 0 aromatic heterocycles. The summed E-state index contributed by atoms with van der Waals surface area (Å²) < 4.78 is 0. The predicted molar refractivity (Wildman–Crippen MR) is 65.9 cm³/mol. The fourth-order valence-electron chi connectivity index (χ4n) is 2.18. The maximum absolute atomic E-state index is 12.0. The second-order valence-corrected chi connectivity index (χ2v) is 4.42. The van der Waals surface area contributed by atoms with Crippen molar-refractivity contribution in [2.24, 2.45) is 0 Å². The van der Waals surface area contributed by atoms with E-state index in [0.29, 0.717) is 13.1 Å². The van der Waals surface area contributed by atoms with Crippen LogP contribution in [0.25, 0.3) is 0 Å². The molecule has 1 aromatic carbocycles. The number of carbonyl (C=O) groups is 2. The zero-order valence-electron chi connectivity index (χ0n) is 10.4. The van der Waals surface area contributed by atoms with E-state index in [9.17, 15) is 9.59 Å². The van der Waals surface area contributed by atoms with Crippen LogP contribution in [0.3, 0.4) is 0 Å². The third-order valence-corrected chi connectivity index (χ3v) is 3.14. The largest absolute Gasteiger partial charge is 0.336 e. The topological polar surface area (TPSA) is 40.6 Å². The Morgan fingerprint density at radius 3 is 2.18 bits per heavy atom. The number of carbonyl (C=O) groups excluding carboxylic acids is 2. The van der Waals surface area contributed by atoms with E-state index in [1.54, 1.807) is 11.9 Å². The lowest BCUT2D eigenvalue weighted by molar-refractivity contribution is -0.145. The smallest absolute Gasteiger partial charge is 0.316 e. The molecule has 0 bridgehead atoms. The van der Waals surface area contributed by atoms with Gasteiger partial charge in [0.25, 0.3) is 0 Å². The first-order chi connectivity index (χ1) is 8.02. The van der Waals surface area contributed by atoms with Gasteiger partial charge in [0.1, 0.15) is 0 Å². The molecule has 0 aliphatic carbocycles. The predicted octanol–water partition coefficient (Wildman–Crippen LogP) is 1.11. The third-order valence-electron chi connectivity index (χ3n) is 3.14. The molecule has 0 radical (unpaired) electrons. The van der Waals surface area contributed by atoms with Crippen LogP contribution >= 0.6 is 0 Å². The summed E-state index contributed by atoms with van der Waals surface area (Å²) in [5.41, 5.74) is 2.92. The molecule has 4 nitrogen and oxygen atoms in total. The van der Waals surface area contributed by atoms with Gasteiger partial charge in [0, 0.05) is 20.1 Å². The molecule has 90 valence electrons. The van der Waals surface area contributed by atoms with E-state index in [4.69, 9.17) is 0 Å². The number of aryl methyl sites for hydroxylation is 2. The normalized spacial score (nSPS) is 16.6. The Morgan fingerprint density at radius 1 is 1.00 bits per heavy atom. The number of benzene rings is 1. The van der Waals surface area contributed by atoms with Gasteiger partial charge in [-0.15, -0.1) is 0 Å². The van der Waals surface area contributed by atoms with E-state index >= 15 is 0 Å². The van der Waals surface area contributed by atoms with E-state index in [1.807, 2.05) is 32.0 Å². The van der Waals surface area contributed by atoms with Gasteiger partial charge in [-0.3, -0.25) is 9.59 Å². The van der Waals surface area contributed by atoms with Crippen molar-refractivity contribution in [1.82, 2.24) is 4.90 Å². The average molecular weight is 232 g/mol. The quantitative estimate of drug-likeness (QED) is 0.680. The number of para-hydroxylation sites is 1. The zero-order valence-corrected chi connectivity index (χ0v) is 10.4. The summed E-state index contributed by atoms with van der Waals surface area (Å²) in [6.07, 6.45) is 0. The Kier molecular flexibility index (Phi) is 2.88. The van der Waals surface area contributed by atoms with Crippen LogP contribution in [0.4, 0.5) is 5.69 Å². The molecule has 0 spiro atoms. The van der Waals surface area contributed by atoms with Crippen molar-refractivity contribution >= 4 is 17.5 Å². The van der Waals surface area contributed by atoms with E-state index < -0.39 is 11.8 Å². The average Bonchev–Trinajstić information content (AvgIpc) is 2.29. The Balaban J connectivity index is 2.41. The van der Waals surface area contributed by atoms with E-state index in [2.05, 4.69) is 0 Å².